The Labute approximate surface area is 155 Å². The van der Waals surface area contributed by atoms with Gasteiger partial charge in [0.05, 0.1) is 0 Å². The molecule has 0 bridgehead atoms. The van der Waals surface area contributed by atoms with Crippen LogP contribution in [0.4, 0.5) is 0 Å². The van der Waals surface area contributed by atoms with Crippen LogP contribution in [0.1, 0.15) is 33.2 Å². The van der Waals surface area contributed by atoms with Crippen molar-refractivity contribution in [3.63, 3.8) is 0 Å². The normalized spacial score (nSPS) is 12.8. The maximum Gasteiger partial charge on any atom is 0.269 e. The summed E-state index contributed by atoms with van der Waals surface area (Å²) in [4.78, 5) is 36.4. The van der Waals surface area contributed by atoms with E-state index in [4.69, 9.17) is 9.47 Å². The zero-order valence-corrected chi connectivity index (χ0v) is 14.9. The van der Waals surface area contributed by atoms with Gasteiger partial charge in [0.25, 0.3) is 17.7 Å². The number of hydrazine groups is 1. The number of hydrogen-bond donors (Lipinski definition) is 3. The molecule has 1 aliphatic rings. The highest BCUT2D eigenvalue weighted by molar-refractivity contribution is 5.99. The first-order valence-corrected chi connectivity index (χ1v) is 8.31. The third-order valence-corrected chi connectivity index (χ3v) is 3.96. The van der Waals surface area contributed by atoms with Gasteiger partial charge in [-0.3, -0.25) is 25.2 Å². The quantitative estimate of drug-likeness (QED) is 0.705. The number of rotatable bonds is 4. The minimum Gasteiger partial charge on any atom is -0.454 e. The average Bonchev–Trinajstić information content (AvgIpc) is 3.13. The van der Waals surface area contributed by atoms with E-state index in [1.54, 1.807) is 30.3 Å². The maximum atomic E-state index is 12.2. The Hall–Kier alpha value is -3.55. The summed E-state index contributed by atoms with van der Waals surface area (Å²) < 4.78 is 10.4. The van der Waals surface area contributed by atoms with Gasteiger partial charge < -0.3 is 14.8 Å². The molecule has 0 spiro atoms. The minimum atomic E-state index is -0.838. The molecule has 0 aliphatic carbocycles. The molecule has 8 nitrogen and oxygen atoms in total. The Morgan fingerprint density at radius 2 is 1.67 bits per heavy atom. The highest BCUT2D eigenvalue weighted by Gasteiger charge is 2.19. The Morgan fingerprint density at radius 3 is 2.44 bits per heavy atom. The van der Waals surface area contributed by atoms with Crippen molar-refractivity contribution >= 4 is 17.7 Å². The number of nitrogens with one attached hydrogen (secondary N) is 3. The van der Waals surface area contributed by atoms with Crippen LogP contribution in [0.2, 0.25) is 0 Å². The van der Waals surface area contributed by atoms with Gasteiger partial charge in [0.2, 0.25) is 6.79 Å². The minimum absolute atomic E-state index is 0.106. The monoisotopic (exact) mass is 369 g/mol. The fraction of sp³-hybridized carbons (Fsp3) is 0.211. The van der Waals surface area contributed by atoms with Crippen LogP contribution in [0, 0.1) is 6.92 Å². The van der Waals surface area contributed by atoms with Crippen molar-refractivity contribution in [2.24, 2.45) is 0 Å². The number of carbonyl (C=O) groups is 3. The lowest BCUT2D eigenvalue weighted by Crippen LogP contribution is -2.51. The second-order valence-corrected chi connectivity index (χ2v) is 6.08. The molecule has 3 rings (SSSR count). The molecule has 2 aromatic rings. The fourth-order valence-electron chi connectivity index (χ4n) is 2.47. The van der Waals surface area contributed by atoms with Crippen molar-refractivity contribution in [2.75, 3.05) is 6.79 Å². The van der Waals surface area contributed by atoms with Crippen LogP contribution in [0.25, 0.3) is 0 Å². The van der Waals surface area contributed by atoms with Gasteiger partial charge in [-0.05, 0) is 44.2 Å². The highest BCUT2D eigenvalue weighted by Crippen LogP contribution is 2.32. The largest absolute Gasteiger partial charge is 0.454 e. The summed E-state index contributed by atoms with van der Waals surface area (Å²) in [6, 6.07) is 10.9. The topological polar surface area (TPSA) is 106 Å². The van der Waals surface area contributed by atoms with Crippen LogP contribution in [0.3, 0.4) is 0 Å². The second kappa shape index (κ2) is 7.77. The second-order valence-electron chi connectivity index (χ2n) is 6.08. The standard InChI is InChI=1S/C19H19N3O5/c1-11-4-3-5-13(8-11)18(24)20-12(2)17(23)21-22-19(25)14-6-7-15-16(9-14)27-10-26-15/h3-9,12H,10H2,1-2H3,(H,20,24)(H,21,23)(H,22,25)/t12-/m0/s1. The first-order valence-electron chi connectivity index (χ1n) is 8.31. The predicted molar refractivity (Wildman–Crippen MR) is 96.3 cm³/mol. The molecule has 3 N–H and O–H groups in total. The number of amides is 3. The van der Waals surface area contributed by atoms with E-state index in [-0.39, 0.29) is 12.7 Å². The van der Waals surface area contributed by atoms with E-state index in [0.717, 1.165) is 5.56 Å². The van der Waals surface area contributed by atoms with Crippen molar-refractivity contribution in [1.29, 1.82) is 0 Å². The van der Waals surface area contributed by atoms with Gasteiger partial charge >= 0.3 is 0 Å². The lowest BCUT2D eigenvalue weighted by molar-refractivity contribution is -0.123. The van der Waals surface area contributed by atoms with E-state index in [0.29, 0.717) is 22.6 Å². The van der Waals surface area contributed by atoms with E-state index >= 15 is 0 Å². The summed E-state index contributed by atoms with van der Waals surface area (Å²) in [6.07, 6.45) is 0. The number of benzene rings is 2. The predicted octanol–water partition coefficient (Wildman–Crippen LogP) is 1.30. The molecule has 1 atom stereocenters. The van der Waals surface area contributed by atoms with Crippen molar-refractivity contribution in [1.82, 2.24) is 16.2 Å². The molecule has 0 saturated carbocycles. The number of fused-ring (bicyclic) bond motifs is 1. The SMILES string of the molecule is Cc1cccc(C(=O)N[C@@H](C)C(=O)NNC(=O)c2ccc3c(c2)OCO3)c1. The van der Waals surface area contributed by atoms with Crippen molar-refractivity contribution < 1.29 is 23.9 Å². The van der Waals surface area contributed by atoms with Crippen LogP contribution in [0.5, 0.6) is 11.5 Å². The van der Waals surface area contributed by atoms with Crippen molar-refractivity contribution in [3.8, 4) is 11.5 Å². The summed E-state index contributed by atoms with van der Waals surface area (Å²) in [5.41, 5.74) is 6.30. The van der Waals surface area contributed by atoms with E-state index in [9.17, 15) is 14.4 Å². The summed E-state index contributed by atoms with van der Waals surface area (Å²) in [5, 5.41) is 2.58. The van der Waals surface area contributed by atoms with E-state index in [1.807, 2.05) is 13.0 Å². The third-order valence-electron chi connectivity index (χ3n) is 3.96. The zero-order valence-electron chi connectivity index (χ0n) is 14.9. The number of ether oxygens (including phenoxy) is 2. The lowest BCUT2D eigenvalue weighted by atomic mass is 10.1. The van der Waals surface area contributed by atoms with Crippen LogP contribution in [0.15, 0.2) is 42.5 Å². The molecule has 0 radical (unpaired) electrons. The van der Waals surface area contributed by atoms with Gasteiger partial charge in [0.1, 0.15) is 6.04 Å². The fourth-order valence-corrected chi connectivity index (χ4v) is 2.47. The van der Waals surface area contributed by atoms with Gasteiger partial charge in [-0.15, -0.1) is 0 Å². The molecule has 27 heavy (non-hydrogen) atoms. The molecule has 0 unspecified atom stereocenters. The van der Waals surface area contributed by atoms with Gasteiger partial charge in [-0.2, -0.15) is 0 Å². The van der Waals surface area contributed by atoms with Crippen LogP contribution in [-0.2, 0) is 4.79 Å². The molecule has 1 aliphatic heterocycles. The van der Waals surface area contributed by atoms with Crippen LogP contribution in [-0.4, -0.2) is 30.6 Å². The third kappa shape index (κ3) is 4.35. The van der Waals surface area contributed by atoms with Gasteiger partial charge in [0.15, 0.2) is 11.5 Å². The molecule has 3 amide bonds. The number of hydrogen-bond acceptors (Lipinski definition) is 5. The van der Waals surface area contributed by atoms with E-state index in [2.05, 4.69) is 16.2 Å². The van der Waals surface area contributed by atoms with Crippen LogP contribution >= 0.6 is 0 Å². The molecule has 0 fully saturated rings. The van der Waals surface area contributed by atoms with Gasteiger partial charge in [-0.1, -0.05) is 17.7 Å². The van der Waals surface area contributed by atoms with Crippen molar-refractivity contribution in [3.05, 3.63) is 59.2 Å². The molecule has 2 aromatic carbocycles. The first kappa shape index (κ1) is 18.2. The van der Waals surface area contributed by atoms with Gasteiger partial charge in [-0.25, -0.2) is 0 Å². The molecular weight excluding hydrogens is 350 g/mol. The molecule has 1 heterocycles. The summed E-state index contributed by atoms with van der Waals surface area (Å²) >= 11 is 0. The number of aryl methyl sites for hydroxylation is 1. The average molecular weight is 369 g/mol. The summed E-state index contributed by atoms with van der Waals surface area (Å²) in [7, 11) is 0. The zero-order chi connectivity index (χ0) is 19.4. The van der Waals surface area contributed by atoms with E-state index in [1.165, 1.54) is 13.0 Å². The molecule has 8 heteroatoms. The molecule has 0 saturated heterocycles. The van der Waals surface area contributed by atoms with Crippen molar-refractivity contribution in [2.45, 2.75) is 19.9 Å². The Balaban J connectivity index is 1.52. The Kier molecular flexibility index (Phi) is 5.25. The maximum absolute atomic E-state index is 12.2. The molecule has 140 valence electrons. The lowest BCUT2D eigenvalue weighted by Gasteiger charge is -2.15. The Bertz CT molecular complexity index is 897. The smallest absolute Gasteiger partial charge is 0.269 e. The highest BCUT2D eigenvalue weighted by atomic mass is 16.7. The molecule has 0 aromatic heterocycles. The summed E-state index contributed by atoms with van der Waals surface area (Å²) in [6.45, 7) is 3.50. The Morgan fingerprint density at radius 1 is 0.926 bits per heavy atom. The number of carbonyl (C=O) groups excluding carboxylic acids is 3. The molecular formula is C19H19N3O5. The summed E-state index contributed by atoms with van der Waals surface area (Å²) in [5.74, 6) is -0.414. The van der Waals surface area contributed by atoms with E-state index < -0.39 is 17.9 Å². The first-order chi connectivity index (χ1) is 12.9. The van der Waals surface area contributed by atoms with Gasteiger partial charge in [0, 0.05) is 11.1 Å². The van der Waals surface area contributed by atoms with Crippen LogP contribution < -0.4 is 25.6 Å².